The second-order valence-corrected chi connectivity index (χ2v) is 8.08. The molecule has 0 radical (unpaired) electrons. The van der Waals surface area contributed by atoms with Crippen molar-refractivity contribution in [1.29, 1.82) is 0 Å². The molecule has 3 aromatic carbocycles. The molecule has 1 amide bonds. The summed E-state index contributed by atoms with van der Waals surface area (Å²) in [6, 6.07) is 19.5. The Morgan fingerprint density at radius 3 is 2.19 bits per heavy atom. The smallest absolute Gasteiger partial charge is 0.261 e. The monoisotopic (exact) mass is 400 g/mol. The minimum Gasteiger partial charge on any atom is -0.322 e. The zero-order chi connectivity index (χ0) is 19.4. The van der Waals surface area contributed by atoms with Crippen LogP contribution in [0.1, 0.15) is 15.9 Å². The lowest BCUT2D eigenvalue weighted by Gasteiger charge is -2.10. The highest BCUT2D eigenvalue weighted by molar-refractivity contribution is 7.92. The summed E-state index contributed by atoms with van der Waals surface area (Å²) >= 11 is 5.78. The first-order valence-electron chi connectivity index (χ1n) is 8.10. The molecule has 27 heavy (non-hydrogen) atoms. The molecule has 3 aromatic rings. The fourth-order valence-electron chi connectivity index (χ4n) is 2.44. The maximum atomic E-state index is 12.4. The van der Waals surface area contributed by atoms with E-state index in [4.69, 9.17) is 11.6 Å². The molecule has 0 spiro atoms. The highest BCUT2D eigenvalue weighted by atomic mass is 35.5. The quantitative estimate of drug-likeness (QED) is 0.651. The molecule has 0 aromatic heterocycles. The first-order chi connectivity index (χ1) is 12.8. The number of halogens is 1. The Hall–Kier alpha value is -2.83. The largest absolute Gasteiger partial charge is 0.322 e. The molecule has 5 nitrogen and oxygen atoms in total. The number of nitrogens with one attached hydrogen (secondary N) is 2. The molecule has 0 saturated carbocycles. The molecule has 0 bridgehead atoms. The standard InChI is InChI=1S/C20H17ClN2O3S/c1-14-3-2-4-18(13-14)22-20(24)15-5-9-17(10-6-15)23-27(25,26)19-11-7-16(21)8-12-19/h2-13,23H,1H3,(H,22,24). The lowest BCUT2D eigenvalue weighted by Crippen LogP contribution is -2.14. The van der Waals surface area contributed by atoms with E-state index in [-0.39, 0.29) is 10.8 Å². The maximum Gasteiger partial charge on any atom is 0.261 e. The third kappa shape index (κ3) is 4.87. The Balaban J connectivity index is 1.71. The van der Waals surface area contributed by atoms with Crippen molar-refractivity contribution in [2.45, 2.75) is 11.8 Å². The van der Waals surface area contributed by atoms with Crippen molar-refractivity contribution >= 4 is 38.9 Å². The van der Waals surface area contributed by atoms with E-state index in [1.54, 1.807) is 30.3 Å². The number of hydrogen-bond donors (Lipinski definition) is 2. The van der Waals surface area contributed by atoms with Crippen LogP contribution in [0.4, 0.5) is 11.4 Å². The summed E-state index contributed by atoms with van der Waals surface area (Å²) in [6.45, 7) is 1.94. The van der Waals surface area contributed by atoms with E-state index in [1.165, 1.54) is 24.3 Å². The van der Waals surface area contributed by atoms with Crippen LogP contribution >= 0.6 is 11.6 Å². The SMILES string of the molecule is Cc1cccc(NC(=O)c2ccc(NS(=O)(=O)c3ccc(Cl)cc3)cc2)c1. The summed E-state index contributed by atoms with van der Waals surface area (Å²) < 4.78 is 27.2. The number of hydrogen-bond acceptors (Lipinski definition) is 3. The van der Waals surface area contributed by atoms with Crippen LogP contribution in [-0.4, -0.2) is 14.3 Å². The van der Waals surface area contributed by atoms with Crippen molar-refractivity contribution in [3.05, 3.63) is 88.9 Å². The van der Waals surface area contributed by atoms with Crippen LogP contribution in [0.2, 0.25) is 5.02 Å². The summed E-state index contributed by atoms with van der Waals surface area (Å²) in [5, 5.41) is 3.26. The predicted molar refractivity (Wildman–Crippen MR) is 108 cm³/mol. The van der Waals surface area contributed by atoms with E-state index in [2.05, 4.69) is 10.0 Å². The van der Waals surface area contributed by atoms with Crippen LogP contribution in [0, 0.1) is 6.92 Å². The number of carbonyl (C=O) groups excluding carboxylic acids is 1. The van der Waals surface area contributed by atoms with E-state index < -0.39 is 10.0 Å². The molecule has 7 heteroatoms. The van der Waals surface area contributed by atoms with Crippen LogP contribution in [0.15, 0.2) is 77.7 Å². The maximum absolute atomic E-state index is 12.4. The summed E-state index contributed by atoms with van der Waals surface area (Å²) in [5.74, 6) is -0.271. The second-order valence-electron chi connectivity index (χ2n) is 5.96. The summed E-state index contributed by atoms with van der Waals surface area (Å²) in [7, 11) is -3.73. The Labute approximate surface area is 163 Å². The predicted octanol–water partition coefficient (Wildman–Crippen LogP) is 4.70. The fourth-order valence-corrected chi connectivity index (χ4v) is 3.63. The van der Waals surface area contributed by atoms with Gasteiger partial charge in [-0.05, 0) is 73.2 Å². The zero-order valence-electron chi connectivity index (χ0n) is 14.4. The van der Waals surface area contributed by atoms with Gasteiger partial charge in [-0.2, -0.15) is 0 Å². The molecule has 0 unspecified atom stereocenters. The van der Waals surface area contributed by atoms with Gasteiger partial charge in [0.2, 0.25) is 0 Å². The molecular formula is C20H17ClN2O3S. The number of sulfonamides is 1. The van der Waals surface area contributed by atoms with Gasteiger partial charge >= 0.3 is 0 Å². The Kier molecular flexibility index (Phi) is 5.48. The molecule has 0 atom stereocenters. The van der Waals surface area contributed by atoms with Crippen LogP contribution in [0.3, 0.4) is 0 Å². The summed E-state index contributed by atoms with van der Waals surface area (Å²) in [6.07, 6.45) is 0. The highest BCUT2D eigenvalue weighted by Gasteiger charge is 2.14. The number of benzene rings is 3. The van der Waals surface area contributed by atoms with Crippen molar-refractivity contribution in [3.8, 4) is 0 Å². The lowest BCUT2D eigenvalue weighted by molar-refractivity contribution is 0.102. The molecule has 0 saturated heterocycles. The van der Waals surface area contributed by atoms with Gasteiger partial charge in [0.25, 0.3) is 15.9 Å². The van der Waals surface area contributed by atoms with Gasteiger partial charge in [0, 0.05) is 22.0 Å². The minimum atomic E-state index is -3.73. The van der Waals surface area contributed by atoms with Gasteiger partial charge in [0.1, 0.15) is 0 Å². The minimum absolute atomic E-state index is 0.105. The average Bonchev–Trinajstić information content (AvgIpc) is 2.62. The first-order valence-corrected chi connectivity index (χ1v) is 9.96. The third-order valence-corrected chi connectivity index (χ3v) is 5.45. The molecule has 0 aliphatic rings. The average molecular weight is 401 g/mol. The van der Waals surface area contributed by atoms with E-state index in [0.717, 1.165) is 5.56 Å². The summed E-state index contributed by atoms with van der Waals surface area (Å²) in [5.41, 5.74) is 2.52. The van der Waals surface area contributed by atoms with Gasteiger partial charge in [-0.3, -0.25) is 9.52 Å². The van der Waals surface area contributed by atoms with Gasteiger partial charge < -0.3 is 5.32 Å². The Morgan fingerprint density at radius 1 is 0.889 bits per heavy atom. The topological polar surface area (TPSA) is 75.3 Å². The van der Waals surface area contributed by atoms with Gasteiger partial charge in [-0.1, -0.05) is 23.7 Å². The number of aryl methyl sites for hydroxylation is 1. The number of rotatable bonds is 5. The number of anilines is 2. The van der Waals surface area contributed by atoms with E-state index in [1.807, 2.05) is 25.1 Å². The van der Waals surface area contributed by atoms with Crippen LogP contribution in [0.5, 0.6) is 0 Å². The Morgan fingerprint density at radius 2 is 1.56 bits per heavy atom. The Bertz CT molecular complexity index is 1060. The van der Waals surface area contributed by atoms with Crippen molar-refractivity contribution in [1.82, 2.24) is 0 Å². The zero-order valence-corrected chi connectivity index (χ0v) is 16.0. The number of amides is 1. The third-order valence-electron chi connectivity index (χ3n) is 3.80. The van der Waals surface area contributed by atoms with E-state index in [0.29, 0.717) is 22.0 Å². The lowest BCUT2D eigenvalue weighted by atomic mass is 10.2. The molecule has 2 N–H and O–H groups in total. The van der Waals surface area contributed by atoms with Crippen molar-refractivity contribution < 1.29 is 13.2 Å². The molecular weight excluding hydrogens is 384 g/mol. The van der Waals surface area contributed by atoms with Crippen molar-refractivity contribution in [2.75, 3.05) is 10.0 Å². The molecule has 3 rings (SSSR count). The molecule has 0 aliphatic heterocycles. The molecule has 138 valence electrons. The first kappa shape index (κ1) is 18.9. The highest BCUT2D eigenvalue weighted by Crippen LogP contribution is 2.19. The molecule has 0 heterocycles. The van der Waals surface area contributed by atoms with Gasteiger partial charge in [0.05, 0.1) is 4.90 Å². The van der Waals surface area contributed by atoms with Crippen LogP contribution < -0.4 is 10.0 Å². The number of carbonyl (C=O) groups is 1. The van der Waals surface area contributed by atoms with Gasteiger partial charge in [-0.25, -0.2) is 8.42 Å². The van der Waals surface area contributed by atoms with Gasteiger partial charge in [-0.15, -0.1) is 0 Å². The van der Waals surface area contributed by atoms with Crippen LogP contribution in [0.25, 0.3) is 0 Å². The van der Waals surface area contributed by atoms with Crippen molar-refractivity contribution in [3.63, 3.8) is 0 Å². The molecule has 0 fully saturated rings. The molecule has 0 aliphatic carbocycles. The van der Waals surface area contributed by atoms with E-state index >= 15 is 0 Å². The van der Waals surface area contributed by atoms with Crippen LogP contribution in [-0.2, 0) is 10.0 Å². The van der Waals surface area contributed by atoms with Crippen molar-refractivity contribution in [2.24, 2.45) is 0 Å². The van der Waals surface area contributed by atoms with E-state index in [9.17, 15) is 13.2 Å². The summed E-state index contributed by atoms with van der Waals surface area (Å²) in [4.78, 5) is 12.4. The fraction of sp³-hybridized carbons (Fsp3) is 0.0500. The van der Waals surface area contributed by atoms with Gasteiger partial charge in [0.15, 0.2) is 0 Å². The normalized spacial score (nSPS) is 11.0. The second kappa shape index (κ2) is 7.82.